The van der Waals surface area contributed by atoms with E-state index in [1.165, 1.54) is 11.3 Å². The van der Waals surface area contributed by atoms with E-state index in [1.54, 1.807) is 13.8 Å². The second-order valence-corrected chi connectivity index (χ2v) is 5.85. The summed E-state index contributed by atoms with van der Waals surface area (Å²) in [6.07, 6.45) is 0. The monoisotopic (exact) mass is 367 g/mol. The molecular weight excluding hydrogens is 354 g/mol. The lowest BCUT2D eigenvalue weighted by Gasteiger charge is -2.00. The first kappa shape index (κ1) is 15.7. The number of rotatable bonds is 5. The van der Waals surface area contributed by atoms with Gasteiger partial charge in [0.25, 0.3) is 0 Å². The van der Waals surface area contributed by atoms with Crippen molar-refractivity contribution in [3.05, 3.63) is 34.1 Å². The Hall–Kier alpha value is -1.73. The lowest BCUT2D eigenvalue weighted by molar-refractivity contribution is -0.135. The highest BCUT2D eigenvalue weighted by Gasteiger charge is 2.07. The molecule has 0 saturated heterocycles. The summed E-state index contributed by atoms with van der Waals surface area (Å²) < 4.78 is 5.87. The van der Waals surface area contributed by atoms with E-state index in [4.69, 9.17) is 4.74 Å². The number of nitrogens with one attached hydrogen (secondary N) is 1. The maximum Gasteiger partial charge on any atom is 0.354 e. The van der Waals surface area contributed by atoms with Crippen LogP contribution in [0.15, 0.2) is 39.2 Å². The number of hydrogen-bond acceptors (Lipinski definition) is 6. The third-order valence-electron chi connectivity index (χ3n) is 2.53. The third-order valence-corrected chi connectivity index (χ3v) is 3.81. The highest BCUT2D eigenvalue weighted by molar-refractivity contribution is 9.10. The van der Waals surface area contributed by atoms with E-state index in [9.17, 15) is 4.79 Å². The molecule has 0 unspecified atom stereocenters. The number of halogens is 1. The molecule has 2 aromatic rings. The molecule has 1 N–H and O–H groups in total. The topological polar surface area (TPSA) is 63.6 Å². The van der Waals surface area contributed by atoms with Crippen LogP contribution in [0.2, 0.25) is 0 Å². The molecule has 110 valence electrons. The van der Waals surface area contributed by atoms with Gasteiger partial charge in [0.1, 0.15) is 5.71 Å². The van der Waals surface area contributed by atoms with Gasteiger partial charge in [-0.15, -0.1) is 11.3 Å². The minimum Gasteiger partial charge on any atom is -0.461 e. The van der Waals surface area contributed by atoms with Gasteiger partial charge in [0.2, 0.25) is 5.13 Å². The number of aromatic nitrogens is 1. The number of esters is 1. The minimum absolute atomic E-state index is 0.261. The molecule has 1 aromatic heterocycles. The lowest BCUT2D eigenvalue weighted by Crippen LogP contribution is -2.15. The van der Waals surface area contributed by atoms with Gasteiger partial charge in [0, 0.05) is 15.4 Å². The van der Waals surface area contributed by atoms with Crippen LogP contribution in [0.4, 0.5) is 5.13 Å². The molecule has 1 aromatic carbocycles. The predicted molar refractivity (Wildman–Crippen MR) is 88.6 cm³/mol. The molecule has 7 heteroatoms. The smallest absolute Gasteiger partial charge is 0.354 e. The molecule has 0 saturated carbocycles. The fraction of sp³-hybridized carbons (Fsp3) is 0.214. The Morgan fingerprint density at radius 2 is 2.14 bits per heavy atom. The Morgan fingerprint density at radius 3 is 2.81 bits per heavy atom. The summed E-state index contributed by atoms with van der Waals surface area (Å²) in [5.74, 6) is -0.435. The van der Waals surface area contributed by atoms with Crippen molar-refractivity contribution in [3.8, 4) is 11.3 Å². The Morgan fingerprint density at radius 1 is 1.43 bits per heavy atom. The molecule has 0 aliphatic heterocycles. The van der Waals surface area contributed by atoms with Crippen molar-refractivity contribution >= 4 is 44.1 Å². The zero-order valence-corrected chi connectivity index (χ0v) is 14.0. The molecule has 0 radical (unpaired) electrons. The van der Waals surface area contributed by atoms with Gasteiger partial charge < -0.3 is 4.74 Å². The van der Waals surface area contributed by atoms with E-state index >= 15 is 0 Å². The van der Waals surface area contributed by atoms with Gasteiger partial charge in [-0.05, 0) is 26.0 Å². The first-order valence-electron chi connectivity index (χ1n) is 6.29. The van der Waals surface area contributed by atoms with E-state index in [0.717, 1.165) is 15.7 Å². The van der Waals surface area contributed by atoms with Crippen LogP contribution in [0.1, 0.15) is 13.8 Å². The van der Waals surface area contributed by atoms with Crippen LogP contribution >= 0.6 is 27.3 Å². The molecule has 0 spiro atoms. The molecule has 2 rings (SSSR count). The van der Waals surface area contributed by atoms with Crippen molar-refractivity contribution in [2.45, 2.75) is 13.8 Å². The van der Waals surface area contributed by atoms with E-state index in [1.807, 2.05) is 29.6 Å². The van der Waals surface area contributed by atoms with E-state index in [0.29, 0.717) is 11.7 Å². The highest BCUT2D eigenvalue weighted by atomic mass is 79.9. The molecule has 1 heterocycles. The number of anilines is 1. The lowest BCUT2D eigenvalue weighted by atomic mass is 10.2. The zero-order valence-electron chi connectivity index (χ0n) is 11.6. The second-order valence-electron chi connectivity index (χ2n) is 4.07. The van der Waals surface area contributed by atoms with Crippen molar-refractivity contribution < 1.29 is 9.53 Å². The third kappa shape index (κ3) is 4.37. The number of benzene rings is 1. The van der Waals surface area contributed by atoms with Gasteiger partial charge in [-0.1, -0.05) is 28.1 Å². The predicted octanol–water partition coefficient (Wildman–Crippen LogP) is 3.92. The number of carbonyl (C=O) groups excluding carboxylic acids is 1. The van der Waals surface area contributed by atoms with Crippen molar-refractivity contribution in [1.29, 1.82) is 0 Å². The van der Waals surface area contributed by atoms with Gasteiger partial charge in [-0.25, -0.2) is 9.78 Å². The van der Waals surface area contributed by atoms with Crippen molar-refractivity contribution in [1.82, 2.24) is 4.98 Å². The standard InChI is InChI=1S/C14H14BrN3O2S/c1-3-20-13(19)9(2)17-18-14-16-12(8-21-14)10-4-6-11(15)7-5-10/h4-8H,3H2,1-2H3,(H,16,18)/b17-9+. The molecule has 0 amide bonds. The van der Waals surface area contributed by atoms with Gasteiger partial charge in [-0.2, -0.15) is 5.10 Å². The number of hydrogen-bond donors (Lipinski definition) is 1. The van der Waals surface area contributed by atoms with Gasteiger partial charge >= 0.3 is 5.97 Å². The average molecular weight is 368 g/mol. The fourth-order valence-corrected chi connectivity index (χ4v) is 2.42. The molecule has 0 atom stereocenters. The second kappa shape index (κ2) is 7.33. The van der Waals surface area contributed by atoms with Gasteiger partial charge in [0.15, 0.2) is 0 Å². The highest BCUT2D eigenvalue weighted by Crippen LogP contribution is 2.26. The molecule has 0 aliphatic carbocycles. The summed E-state index contributed by atoms with van der Waals surface area (Å²) in [6, 6.07) is 7.89. The van der Waals surface area contributed by atoms with Crippen LogP contribution in [-0.2, 0) is 9.53 Å². The molecule has 5 nitrogen and oxygen atoms in total. The number of carbonyl (C=O) groups is 1. The first-order valence-corrected chi connectivity index (χ1v) is 7.96. The summed E-state index contributed by atoms with van der Waals surface area (Å²) in [5, 5.41) is 6.52. The van der Waals surface area contributed by atoms with Crippen molar-refractivity contribution in [3.63, 3.8) is 0 Å². The molecule has 21 heavy (non-hydrogen) atoms. The maximum atomic E-state index is 11.4. The van der Waals surface area contributed by atoms with Crippen LogP contribution < -0.4 is 5.43 Å². The van der Waals surface area contributed by atoms with Crippen LogP contribution in [0.25, 0.3) is 11.3 Å². The van der Waals surface area contributed by atoms with Crippen LogP contribution in [0, 0.1) is 0 Å². The summed E-state index contributed by atoms with van der Waals surface area (Å²) in [5.41, 5.74) is 4.91. The quantitative estimate of drug-likeness (QED) is 0.494. The summed E-state index contributed by atoms with van der Waals surface area (Å²) in [6.45, 7) is 3.68. The fourth-order valence-electron chi connectivity index (χ4n) is 1.49. The number of thiazole rings is 1. The number of hydrazone groups is 1. The SMILES string of the molecule is CCOC(=O)/C(C)=N/Nc1nc(-c2ccc(Br)cc2)cs1. The zero-order chi connectivity index (χ0) is 15.2. The Balaban J connectivity index is 2.05. The van der Waals surface area contributed by atoms with E-state index in [-0.39, 0.29) is 5.71 Å². The average Bonchev–Trinajstić information content (AvgIpc) is 2.94. The number of nitrogens with zero attached hydrogens (tertiary/aromatic N) is 2. The first-order chi connectivity index (χ1) is 10.1. The van der Waals surface area contributed by atoms with Gasteiger partial charge in [-0.3, -0.25) is 5.43 Å². The Bertz CT molecular complexity index is 652. The maximum absolute atomic E-state index is 11.4. The van der Waals surface area contributed by atoms with Crippen LogP contribution in [0.5, 0.6) is 0 Å². The summed E-state index contributed by atoms with van der Waals surface area (Å²) >= 11 is 4.82. The molecule has 0 bridgehead atoms. The van der Waals surface area contributed by atoms with Crippen LogP contribution in [0.3, 0.4) is 0 Å². The molecule has 0 aliphatic rings. The van der Waals surface area contributed by atoms with E-state index < -0.39 is 5.97 Å². The summed E-state index contributed by atoms with van der Waals surface area (Å²) in [4.78, 5) is 15.8. The Kier molecular flexibility index (Phi) is 5.46. The van der Waals surface area contributed by atoms with Crippen molar-refractivity contribution in [2.75, 3.05) is 12.0 Å². The largest absolute Gasteiger partial charge is 0.461 e. The van der Waals surface area contributed by atoms with E-state index in [2.05, 4.69) is 31.4 Å². The van der Waals surface area contributed by atoms with Crippen molar-refractivity contribution in [2.24, 2.45) is 5.10 Å². The minimum atomic E-state index is -0.435. The summed E-state index contributed by atoms with van der Waals surface area (Å²) in [7, 11) is 0. The molecule has 0 fully saturated rings. The normalized spacial score (nSPS) is 11.3. The molecular formula is C14H14BrN3O2S. The van der Waals surface area contributed by atoms with Gasteiger partial charge in [0.05, 0.1) is 12.3 Å². The Labute approximate surface area is 135 Å². The van der Waals surface area contributed by atoms with Crippen LogP contribution in [-0.4, -0.2) is 23.3 Å². The number of ether oxygens (including phenoxy) is 1.